The molecule has 160 valence electrons. The minimum atomic E-state index is -0.248. The number of piperidine rings is 1. The third-order valence-corrected chi connectivity index (χ3v) is 5.44. The Balaban J connectivity index is 1.53. The van der Waals surface area contributed by atoms with E-state index in [0.29, 0.717) is 37.4 Å². The van der Waals surface area contributed by atoms with Crippen LogP contribution in [0.2, 0.25) is 0 Å². The van der Waals surface area contributed by atoms with Crippen LogP contribution in [-0.2, 0) is 4.79 Å². The number of nitrogens with zero attached hydrogens (tertiary/aromatic N) is 1. The van der Waals surface area contributed by atoms with E-state index in [4.69, 9.17) is 9.47 Å². The summed E-state index contributed by atoms with van der Waals surface area (Å²) >= 11 is 0. The van der Waals surface area contributed by atoms with Crippen LogP contribution in [0.1, 0.15) is 31.4 Å². The SMILES string of the molecule is COc1ccc(OC)c([C@H](C)NC(=O)N2CCC(C(=O)Nc3ccccc3)CC2)c1. The van der Waals surface area contributed by atoms with Gasteiger partial charge in [0.25, 0.3) is 0 Å². The maximum Gasteiger partial charge on any atom is 0.317 e. The topological polar surface area (TPSA) is 79.9 Å². The van der Waals surface area contributed by atoms with E-state index in [1.165, 1.54) is 0 Å². The van der Waals surface area contributed by atoms with E-state index in [1.807, 2.05) is 55.5 Å². The lowest BCUT2D eigenvalue weighted by molar-refractivity contribution is -0.121. The van der Waals surface area contributed by atoms with Gasteiger partial charge in [0.05, 0.1) is 20.3 Å². The van der Waals surface area contributed by atoms with Gasteiger partial charge in [0.2, 0.25) is 5.91 Å². The summed E-state index contributed by atoms with van der Waals surface area (Å²) in [7, 11) is 3.21. The molecule has 1 aliphatic rings. The summed E-state index contributed by atoms with van der Waals surface area (Å²) < 4.78 is 10.7. The number of rotatable bonds is 6. The highest BCUT2D eigenvalue weighted by Gasteiger charge is 2.28. The lowest BCUT2D eigenvalue weighted by atomic mass is 9.96. The summed E-state index contributed by atoms with van der Waals surface area (Å²) in [5.41, 5.74) is 1.64. The van der Waals surface area contributed by atoms with Crippen LogP contribution >= 0.6 is 0 Å². The molecule has 3 amide bonds. The molecule has 2 N–H and O–H groups in total. The van der Waals surface area contributed by atoms with E-state index in [9.17, 15) is 9.59 Å². The number of methoxy groups -OCH3 is 2. The second kappa shape index (κ2) is 10.0. The second-order valence-corrected chi connectivity index (χ2v) is 7.40. The van der Waals surface area contributed by atoms with Crippen molar-refractivity contribution >= 4 is 17.6 Å². The zero-order valence-corrected chi connectivity index (χ0v) is 17.7. The van der Waals surface area contributed by atoms with Gasteiger partial charge in [-0.2, -0.15) is 0 Å². The minimum Gasteiger partial charge on any atom is -0.497 e. The summed E-state index contributed by atoms with van der Waals surface area (Å²) in [6.45, 7) is 3.00. The molecule has 2 aromatic carbocycles. The molecule has 7 heteroatoms. The number of anilines is 1. The van der Waals surface area contributed by atoms with Gasteiger partial charge in [-0.25, -0.2) is 4.79 Å². The molecule has 0 spiro atoms. The molecule has 0 bridgehead atoms. The number of likely N-dealkylation sites (tertiary alicyclic amines) is 1. The van der Waals surface area contributed by atoms with Crippen LogP contribution in [0.3, 0.4) is 0 Å². The van der Waals surface area contributed by atoms with Crippen molar-refractivity contribution in [3.63, 3.8) is 0 Å². The van der Waals surface area contributed by atoms with Gasteiger partial charge in [0.15, 0.2) is 0 Å². The molecule has 1 atom stereocenters. The Morgan fingerprint density at radius 2 is 1.73 bits per heavy atom. The highest BCUT2D eigenvalue weighted by atomic mass is 16.5. The molecule has 3 rings (SSSR count). The van der Waals surface area contributed by atoms with Crippen molar-refractivity contribution in [3.8, 4) is 11.5 Å². The van der Waals surface area contributed by atoms with Crippen LogP contribution in [0.25, 0.3) is 0 Å². The predicted octanol–water partition coefficient (Wildman–Crippen LogP) is 3.83. The van der Waals surface area contributed by atoms with E-state index >= 15 is 0 Å². The van der Waals surface area contributed by atoms with Gasteiger partial charge in [0, 0.05) is 30.3 Å². The van der Waals surface area contributed by atoms with Crippen molar-refractivity contribution in [1.29, 1.82) is 0 Å². The molecule has 0 aromatic heterocycles. The monoisotopic (exact) mass is 411 g/mol. The van der Waals surface area contributed by atoms with Gasteiger partial charge in [0.1, 0.15) is 11.5 Å². The maximum atomic E-state index is 12.7. The zero-order valence-electron chi connectivity index (χ0n) is 17.7. The van der Waals surface area contributed by atoms with E-state index in [2.05, 4.69) is 10.6 Å². The van der Waals surface area contributed by atoms with E-state index in [-0.39, 0.29) is 23.9 Å². The van der Waals surface area contributed by atoms with Crippen molar-refractivity contribution in [2.24, 2.45) is 5.92 Å². The summed E-state index contributed by atoms with van der Waals surface area (Å²) in [6, 6.07) is 14.6. The minimum absolute atomic E-state index is 0.00995. The first-order chi connectivity index (χ1) is 14.5. The average molecular weight is 412 g/mol. The van der Waals surface area contributed by atoms with Crippen molar-refractivity contribution in [2.75, 3.05) is 32.6 Å². The first kappa shape index (κ1) is 21.5. The molecule has 0 aliphatic carbocycles. The van der Waals surface area contributed by atoms with Crippen LogP contribution in [-0.4, -0.2) is 44.1 Å². The fourth-order valence-corrected chi connectivity index (χ4v) is 3.64. The molecule has 1 saturated heterocycles. The molecule has 1 heterocycles. The summed E-state index contributed by atoms with van der Waals surface area (Å²) in [5, 5.41) is 5.98. The van der Waals surface area contributed by atoms with Gasteiger partial charge < -0.3 is 25.0 Å². The van der Waals surface area contributed by atoms with Crippen LogP contribution in [0, 0.1) is 5.92 Å². The first-order valence-electron chi connectivity index (χ1n) is 10.1. The standard InChI is InChI=1S/C23H29N3O4/c1-16(20-15-19(29-2)9-10-21(20)30-3)24-23(28)26-13-11-17(12-14-26)22(27)25-18-7-5-4-6-8-18/h4-10,15-17H,11-14H2,1-3H3,(H,24,28)(H,25,27)/t16-/m0/s1. The van der Waals surface area contributed by atoms with Gasteiger partial charge in [-0.1, -0.05) is 18.2 Å². The Kier molecular flexibility index (Phi) is 7.17. The number of amides is 3. The average Bonchev–Trinajstić information content (AvgIpc) is 2.79. The van der Waals surface area contributed by atoms with E-state index < -0.39 is 0 Å². The van der Waals surface area contributed by atoms with Crippen molar-refractivity contribution in [2.45, 2.75) is 25.8 Å². The Morgan fingerprint density at radius 1 is 1.03 bits per heavy atom. The number of nitrogens with one attached hydrogen (secondary N) is 2. The highest BCUT2D eigenvalue weighted by Crippen LogP contribution is 2.29. The lowest BCUT2D eigenvalue weighted by Crippen LogP contribution is -2.46. The summed E-state index contributed by atoms with van der Waals surface area (Å²) in [5.74, 6) is 1.32. The molecule has 0 unspecified atom stereocenters. The Labute approximate surface area is 177 Å². The zero-order chi connectivity index (χ0) is 21.5. The molecule has 0 saturated carbocycles. The first-order valence-corrected chi connectivity index (χ1v) is 10.1. The molecular formula is C23H29N3O4. The molecule has 1 fully saturated rings. The van der Waals surface area contributed by atoms with Crippen LogP contribution in [0.15, 0.2) is 48.5 Å². The highest BCUT2D eigenvalue weighted by molar-refractivity contribution is 5.92. The molecule has 2 aromatic rings. The van der Waals surface area contributed by atoms with Gasteiger partial charge in [-0.15, -0.1) is 0 Å². The third kappa shape index (κ3) is 5.23. The van der Waals surface area contributed by atoms with Crippen molar-refractivity contribution in [3.05, 3.63) is 54.1 Å². The maximum absolute atomic E-state index is 12.7. The summed E-state index contributed by atoms with van der Waals surface area (Å²) in [4.78, 5) is 27.0. The van der Waals surface area contributed by atoms with Crippen molar-refractivity contribution < 1.29 is 19.1 Å². The van der Waals surface area contributed by atoms with E-state index in [0.717, 1.165) is 11.3 Å². The van der Waals surface area contributed by atoms with Gasteiger partial charge in [-0.05, 0) is 50.1 Å². The number of ether oxygens (including phenoxy) is 2. The van der Waals surface area contributed by atoms with Gasteiger partial charge in [-0.3, -0.25) is 4.79 Å². The third-order valence-electron chi connectivity index (χ3n) is 5.44. The Hall–Kier alpha value is -3.22. The summed E-state index contributed by atoms with van der Waals surface area (Å²) in [6.07, 6.45) is 1.28. The Bertz CT molecular complexity index is 864. The van der Waals surface area contributed by atoms with E-state index in [1.54, 1.807) is 19.1 Å². The number of urea groups is 1. The molecule has 1 aliphatic heterocycles. The fourth-order valence-electron chi connectivity index (χ4n) is 3.64. The van der Waals surface area contributed by atoms with Crippen molar-refractivity contribution in [1.82, 2.24) is 10.2 Å². The molecular weight excluding hydrogens is 382 g/mol. The number of carbonyl (C=O) groups excluding carboxylic acids is 2. The van der Waals surface area contributed by atoms with Crippen LogP contribution in [0.5, 0.6) is 11.5 Å². The normalized spacial score (nSPS) is 15.2. The number of hydrogen-bond acceptors (Lipinski definition) is 4. The fraction of sp³-hybridized carbons (Fsp3) is 0.391. The molecule has 0 radical (unpaired) electrons. The lowest BCUT2D eigenvalue weighted by Gasteiger charge is -2.32. The number of para-hydroxylation sites is 1. The Morgan fingerprint density at radius 3 is 2.37 bits per heavy atom. The van der Waals surface area contributed by atoms with Gasteiger partial charge >= 0.3 is 6.03 Å². The van der Waals surface area contributed by atoms with Crippen LogP contribution < -0.4 is 20.1 Å². The number of benzene rings is 2. The second-order valence-electron chi connectivity index (χ2n) is 7.40. The van der Waals surface area contributed by atoms with Crippen LogP contribution in [0.4, 0.5) is 10.5 Å². The smallest absolute Gasteiger partial charge is 0.317 e. The number of carbonyl (C=O) groups is 2. The number of hydrogen-bond donors (Lipinski definition) is 2. The molecule has 7 nitrogen and oxygen atoms in total. The predicted molar refractivity (Wildman–Crippen MR) is 116 cm³/mol. The molecule has 30 heavy (non-hydrogen) atoms. The quantitative estimate of drug-likeness (QED) is 0.757. The largest absolute Gasteiger partial charge is 0.497 e.